The number of rotatable bonds is 2. The summed E-state index contributed by atoms with van der Waals surface area (Å²) in [5.74, 6) is 0. The topological polar surface area (TPSA) is 56.7 Å². The minimum absolute atomic E-state index is 0.447. The van der Waals surface area contributed by atoms with Crippen LogP contribution in [0.15, 0.2) is 30.5 Å². The van der Waals surface area contributed by atoms with E-state index < -0.39 is 0 Å². The minimum atomic E-state index is 0.447. The molecule has 0 bridgehead atoms. The number of hydrogen-bond acceptors (Lipinski definition) is 4. The zero-order valence-electron chi connectivity index (χ0n) is 9.42. The molecule has 3 rings (SSSR count). The lowest BCUT2D eigenvalue weighted by molar-refractivity contribution is 0.955. The molecule has 0 aliphatic rings. The molecule has 2 heterocycles. The van der Waals surface area contributed by atoms with Crippen LogP contribution in [-0.2, 0) is 13.6 Å². The molecule has 2 N–H and O–H groups in total. The van der Waals surface area contributed by atoms with Crippen molar-refractivity contribution in [3.8, 4) is 10.6 Å². The van der Waals surface area contributed by atoms with Gasteiger partial charge in [0, 0.05) is 36.3 Å². The third kappa shape index (κ3) is 1.64. The van der Waals surface area contributed by atoms with Crippen molar-refractivity contribution in [3.63, 3.8) is 0 Å². The average Bonchev–Trinajstić information content (AvgIpc) is 2.95. The second-order valence-corrected chi connectivity index (χ2v) is 4.94. The molecule has 1 aromatic carbocycles. The third-order valence-electron chi connectivity index (χ3n) is 2.77. The summed E-state index contributed by atoms with van der Waals surface area (Å²) in [6.45, 7) is 0.447. The van der Waals surface area contributed by atoms with E-state index in [9.17, 15) is 0 Å². The highest BCUT2D eigenvalue weighted by atomic mass is 32.1. The molecule has 0 saturated carbocycles. The molecule has 2 aromatic heterocycles. The summed E-state index contributed by atoms with van der Waals surface area (Å²) < 4.78 is 2.11. The summed E-state index contributed by atoms with van der Waals surface area (Å²) in [4.78, 5) is 0. The Kier molecular flexibility index (Phi) is 2.42. The van der Waals surface area contributed by atoms with Gasteiger partial charge < -0.3 is 10.3 Å². The first-order chi connectivity index (χ1) is 8.29. The first-order valence-electron chi connectivity index (χ1n) is 5.36. The van der Waals surface area contributed by atoms with Crippen LogP contribution in [0, 0.1) is 0 Å². The Hall–Kier alpha value is -1.72. The smallest absolute Gasteiger partial charge is 0.150 e. The summed E-state index contributed by atoms with van der Waals surface area (Å²) in [6.07, 6.45) is 2.09. The van der Waals surface area contributed by atoms with E-state index in [2.05, 4.69) is 33.1 Å². The molecule has 3 aromatic rings. The highest BCUT2D eigenvalue weighted by Gasteiger charge is 2.12. The number of fused-ring (bicyclic) bond motifs is 1. The lowest BCUT2D eigenvalue weighted by Gasteiger charge is -1.93. The number of nitrogens with two attached hydrogens (primary N) is 1. The molecule has 4 nitrogen and oxygen atoms in total. The fraction of sp³-hybridized carbons (Fsp3) is 0.167. The van der Waals surface area contributed by atoms with Gasteiger partial charge >= 0.3 is 0 Å². The van der Waals surface area contributed by atoms with Gasteiger partial charge in [-0.3, -0.25) is 0 Å². The number of para-hydroxylation sites is 1. The molecule has 5 heteroatoms. The average molecular weight is 244 g/mol. The van der Waals surface area contributed by atoms with Crippen LogP contribution in [0.3, 0.4) is 0 Å². The maximum Gasteiger partial charge on any atom is 0.150 e. The van der Waals surface area contributed by atoms with Crippen LogP contribution >= 0.6 is 11.3 Å². The standard InChI is InChI=1S/C12H12N4S/c1-16-7-9(8-4-2-3-5-10(8)16)12-15-14-11(6-13)17-12/h2-5,7H,6,13H2,1H3. The summed E-state index contributed by atoms with van der Waals surface area (Å²) >= 11 is 1.55. The van der Waals surface area contributed by atoms with Crippen LogP contribution < -0.4 is 5.73 Å². The first kappa shape index (κ1) is 10.4. The van der Waals surface area contributed by atoms with Gasteiger partial charge in [-0.15, -0.1) is 10.2 Å². The second-order valence-electron chi connectivity index (χ2n) is 3.88. The van der Waals surface area contributed by atoms with E-state index in [-0.39, 0.29) is 0 Å². The largest absolute Gasteiger partial charge is 0.350 e. The molecule has 0 atom stereocenters. The molecule has 0 fully saturated rings. The molecule has 0 unspecified atom stereocenters. The maximum absolute atomic E-state index is 5.56. The molecule has 0 amide bonds. The SMILES string of the molecule is Cn1cc(-c2nnc(CN)s2)c2ccccc21. The quantitative estimate of drug-likeness (QED) is 0.751. The second kappa shape index (κ2) is 3.94. The molecular formula is C12H12N4S. The van der Waals surface area contributed by atoms with Gasteiger partial charge in [-0.2, -0.15) is 0 Å². The van der Waals surface area contributed by atoms with E-state index in [1.54, 1.807) is 11.3 Å². The van der Waals surface area contributed by atoms with Crippen molar-refractivity contribution in [2.45, 2.75) is 6.54 Å². The Morgan fingerprint density at radius 3 is 2.88 bits per heavy atom. The van der Waals surface area contributed by atoms with Crippen LogP contribution in [0.2, 0.25) is 0 Å². The predicted octanol–water partition coefficient (Wildman–Crippen LogP) is 2.16. The van der Waals surface area contributed by atoms with E-state index in [4.69, 9.17) is 5.73 Å². The van der Waals surface area contributed by atoms with Crippen molar-refractivity contribution in [2.75, 3.05) is 0 Å². The zero-order valence-corrected chi connectivity index (χ0v) is 10.2. The highest BCUT2D eigenvalue weighted by molar-refractivity contribution is 7.14. The van der Waals surface area contributed by atoms with Gasteiger partial charge in [0.1, 0.15) is 10.0 Å². The van der Waals surface area contributed by atoms with E-state index >= 15 is 0 Å². The first-order valence-corrected chi connectivity index (χ1v) is 6.18. The Morgan fingerprint density at radius 1 is 1.29 bits per heavy atom. The van der Waals surface area contributed by atoms with Gasteiger partial charge in [-0.1, -0.05) is 29.5 Å². The van der Waals surface area contributed by atoms with Gasteiger partial charge in [-0.05, 0) is 6.07 Å². The van der Waals surface area contributed by atoms with Gasteiger partial charge in [0.2, 0.25) is 0 Å². The molecule has 17 heavy (non-hydrogen) atoms. The summed E-state index contributed by atoms with van der Waals surface area (Å²) in [5, 5.41) is 11.3. The minimum Gasteiger partial charge on any atom is -0.350 e. The van der Waals surface area contributed by atoms with Crippen molar-refractivity contribution < 1.29 is 0 Å². The van der Waals surface area contributed by atoms with E-state index in [1.807, 2.05) is 19.2 Å². The van der Waals surface area contributed by atoms with Gasteiger partial charge in [0.15, 0.2) is 0 Å². The summed E-state index contributed by atoms with van der Waals surface area (Å²) in [7, 11) is 2.04. The third-order valence-corrected chi connectivity index (χ3v) is 3.75. The zero-order chi connectivity index (χ0) is 11.8. The number of benzene rings is 1. The van der Waals surface area contributed by atoms with Crippen molar-refractivity contribution in [2.24, 2.45) is 12.8 Å². The fourth-order valence-electron chi connectivity index (χ4n) is 1.96. The number of hydrogen-bond donors (Lipinski definition) is 1. The Balaban J connectivity index is 2.23. The van der Waals surface area contributed by atoms with Crippen molar-refractivity contribution in [1.82, 2.24) is 14.8 Å². The van der Waals surface area contributed by atoms with Crippen LogP contribution in [0.4, 0.5) is 0 Å². The lowest BCUT2D eigenvalue weighted by Crippen LogP contribution is -1.94. The molecule has 0 aliphatic heterocycles. The van der Waals surface area contributed by atoms with Gasteiger partial charge in [0.05, 0.1) is 0 Å². The Labute approximate surface area is 103 Å². The van der Waals surface area contributed by atoms with Crippen molar-refractivity contribution in [3.05, 3.63) is 35.5 Å². The highest BCUT2D eigenvalue weighted by Crippen LogP contribution is 2.31. The van der Waals surface area contributed by atoms with Crippen LogP contribution in [0.5, 0.6) is 0 Å². The van der Waals surface area contributed by atoms with E-state index in [0.29, 0.717) is 6.54 Å². The Bertz CT molecular complexity index is 668. The van der Waals surface area contributed by atoms with Gasteiger partial charge in [-0.25, -0.2) is 0 Å². The molecule has 0 radical (unpaired) electrons. The summed E-state index contributed by atoms with van der Waals surface area (Å²) in [6, 6.07) is 8.28. The predicted molar refractivity (Wildman–Crippen MR) is 69.7 cm³/mol. The van der Waals surface area contributed by atoms with Crippen molar-refractivity contribution in [1.29, 1.82) is 0 Å². The molecule has 0 spiro atoms. The van der Waals surface area contributed by atoms with Gasteiger partial charge in [0.25, 0.3) is 0 Å². The van der Waals surface area contributed by atoms with Crippen LogP contribution in [-0.4, -0.2) is 14.8 Å². The van der Waals surface area contributed by atoms with E-state index in [0.717, 1.165) is 15.6 Å². The van der Waals surface area contributed by atoms with Crippen LogP contribution in [0.25, 0.3) is 21.5 Å². The lowest BCUT2D eigenvalue weighted by atomic mass is 10.2. The van der Waals surface area contributed by atoms with E-state index in [1.165, 1.54) is 10.9 Å². The molecule has 0 aliphatic carbocycles. The monoisotopic (exact) mass is 244 g/mol. The number of nitrogens with zero attached hydrogens (tertiary/aromatic N) is 3. The molecule has 86 valence electrons. The number of aryl methyl sites for hydroxylation is 1. The number of aromatic nitrogens is 3. The van der Waals surface area contributed by atoms with Crippen LogP contribution in [0.1, 0.15) is 5.01 Å². The fourth-order valence-corrected chi connectivity index (χ4v) is 2.70. The summed E-state index contributed by atoms with van der Waals surface area (Å²) in [5.41, 5.74) is 7.89. The Morgan fingerprint density at radius 2 is 2.12 bits per heavy atom. The molecular weight excluding hydrogens is 232 g/mol. The van der Waals surface area contributed by atoms with Crippen molar-refractivity contribution >= 4 is 22.2 Å². The molecule has 0 saturated heterocycles. The maximum atomic E-state index is 5.56. The normalized spacial score (nSPS) is 11.2.